The highest BCUT2D eigenvalue weighted by atomic mass is 19.1. The van der Waals surface area contributed by atoms with Crippen molar-refractivity contribution in [2.45, 2.75) is 6.54 Å². The Kier molecular flexibility index (Phi) is 3.93. The highest BCUT2D eigenvalue weighted by molar-refractivity contribution is 5.96. The van der Waals surface area contributed by atoms with Crippen molar-refractivity contribution < 1.29 is 13.6 Å². The van der Waals surface area contributed by atoms with E-state index in [0.29, 0.717) is 11.0 Å². The number of carbonyl (C=O) groups excluding carboxylic acids is 1. The molecule has 0 aliphatic heterocycles. The van der Waals surface area contributed by atoms with E-state index < -0.39 is 11.5 Å². The molecule has 0 saturated heterocycles. The smallest absolute Gasteiger partial charge is 0.349 e. The maximum absolute atomic E-state index is 12.9. The molecule has 1 heterocycles. The van der Waals surface area contributed by atoms with Crippen LogP contribution in [-0.4, -0.2) is 17.9 Å². The topological polar surface area (TPSA) is 50.5 Å². The van der Waals surface area contributed by atoms with Crippen molar-refractivity contribution in [2.24, 2.45) is 0 Å². The Hall–Kier alpha value is -2.95. The summed E-state index contributed by atoms with van der Waals surface area (Å²) in [6.45, 7) is 0.269. The van der Waals surface area contributed by atoms with E-state index in [1.54, 1.807) is 43.4 Å². The van der Waals surface area contributed by atoms with Gasteiger partial charge >= 0.3 is 5.63 Å². The predicted molar refractivity (Wildman–Crippen MR) is 84.7 cm³/mol. The first kappa shape index (κ1) is 15.0. The van der Waals surface area contributed by atoms with Crippen LogP contribution in [0.1, 0.15) is 15.9 Å². The van der Waals surface area contributed by atoms with E-state index in [9.17, 15) is 14.0 Å². The van der Waals surface area contributed by atoms with Crippen LogP contribution in [0.5, 0.6) is 0 Å². The van der Waals surface area contributed by atoms with Crippen molar-refractivity contribution in [1.82, 2.24) is 4.90 Å². The number of rotatable bonds is 3. The van der Waals surface area contributed by atoms with Gasteiger partial charge in [-0.25, -0.2) is 9.18 Å². The Morgan fingerprint density at radius 1 is 1.13 bits per heavy atom. The molecule has 0 aliphatic carbocycles. The second-order valence-corrected chi connectivity index (χ2v) is 5.27. The Labute approximate surface area is 131 Å². The van der Waals surface area contributed by atoms with Gasteiger partial charge < -0.3 is 9.32 Å². The van der Waals surface area contributed by atoms with Crippen molar-refractivity contribution in [2.75, 3.05) is 7.05 Å². The second kappa shape index (κ2) is 6.04. The molecule has 0 saturated carbocycles. The third kappa shape index (κ3) is 3.13. The maximum Gasteiger partial charge on any atom is 0.349 e. The van der Waals surface area contributed by atoms with Gasteiger partial charge in [-0.05, 0) is 29.8 Å². The first-order chi connectivity index (χ1) is 11.0. The van der Waals surface area contributed by atoms with Crippen LogP contribution in [0, 0.1) is 5.82 Å². The average Bonchev–Trinajstić information content (AvgIpc) is 2.55. The molecular weight excluding hydrogens is 297 g/mol. The number of halogens is 1. The number of para-hydroxylation sites is 1. The standard InChI is InChI=1S/C18H14FNO3/c1-20(11-12-6-8-14(19)9-7-12)17(21)15-10-13-4-2-3-5-16(13)23-18(15)22/h2-10H,11H2,1H3. The second-order valence-electron chi connectivity index (χ2n) is 5.27. The summed E-state index contributed by atoms with van der Waals surface area (Å²) in [5.41, 5.74) is 0.524. The van der Waals surface area contributed by atoms with Crippen molar-refractivity contribution >= 4 is 16.9 Å². The molecule has 0 fully saturated rings. The molecule has 116 valence electrons. The Morgan fingerprint density at radius 3 is 2.57 bits per heavy atom. The quantitative estimate of drug-likeness (QED) is 0.698. The van der Waals surface area contributed by atoms with E-state index in [1.165, 1.54) is 23.1 Å². The lowest BCUT2D eigenvalue weighted by molar-refractivity contribution is 0.0781. The molecule has 2 aromatic carbocycles. The molecular formula is C18H14FNO3. The molecule has 4 nitrogen and oxygen atoms in total. The van der Waals surface area contributed by atoms with Crippen molar-refractivity contribution in [3.63, 3.8) is 0 Å². The lowest BCUT2D eigenvalue weighted by Crippen LogP contribution is -2.30. The first-order valence-electron chi connectivity index (χ1n) is 7.07. The molecule has 0 aliphatic rings. The number of carbonyl (C=O) groups is 1. The summed E-state index contributed by atoms with van der Waals surface area (Å²) in [6.07, 6.45) is 0. The number of nitrogens with zero attached hydrogens (tertiary/aromatic N) is 1. The molecule has 0 unspecified atom stereocenters. The van der Waals surface area contributed by atoms with Gasteiger partial charge in [0.15, 0.2) is 0 Å². The summed E-state index contributed by atoms with van der Waals surface area (Å²) in [4.78, 5) is 25.9. The third-order valence-corrected chi connectivity index (χ3v) is 3.55. The highest BCUT2D eigenvalue weighted by Gasteiger charge is 2.18. The maximum atomic E-state index is 12.9. The number of amides is 1. The SMILES string of the molecule is CN(Cc1ccc(F)cc1)C(=O)c1cc2ccccc2oc1=O. The largest absolute Gasteiger partial charge is 0.422 e. The lowest BCUT2D eigenvalue weighted by atomic mass is 10.1. The Morgan fingerprint density at radius 2 is 1.83 bits per heavy atom. The molecule has 3 aromatic rings. The van der Waals surface area contributed by atoms with E-state index in [4.69, 9.17) is 4.42 Å². The van der Waals surface area contributed by atoms with Crippen LogP contribution in [0.3, 0.4) is 0 Å². The fourth-order valence-corrected chi connectivity index (χ4v) is 2.35. The molecule has 5 heteroatoms. The summed E-state index contributed by atoms with van der Waals surface area (Å²) in [5, 5.41) is 0.686. The first-order valence-corrected chi connectivity index (χ1v) is 7.07. The third-order valence-electron chi connectivity index (χ3n) is 3.55. The minimum absolute atomic E-state index is 0.0201. The van der Waals surface area contributed by atoms with E-state index >= 15 is 0 Å². The predicted octanol–water partition coefficient (Wildman–Crippen LogP) is 3.20. The number of hydrogen-bond acceptors (Lipinski definition) is 3. The van der Waals surface area contributed by atoms with E-state index in [-0.39, 0.29) is 17.9 Å². The average molecular weight is 311 g/mol. The molecule has 0 atom stereocenters. The number of benzene rings is 2. The van der Waals surface area contributed by atoms with E-state index in [0.717, 1.165) is 5.56 Å². The summed E-state index contributed by atoms with van der Waals surface area (Å²) < 4.78 is 18.1. The Bertz CT molecular complexity index is 915. The lowest BCUT2D eigenvalue weighted by Gasteiger charge is -2.16. The fourth-order valence-electron chi connectivity index (χ4n) is 2.35. The zero-order chi connectivity index (χ0) is 16.4. The van der Waals surface area contributed by atoms with Gasteiger partial charge in [0.05, 0.1) is 0 Å². The molecule has 0 radical (unpaired) electrons. The van der Waals surface area contributed by atoms with Crippen LogP contribution in [-0.2, 0) is 6.54 Å². The van der Waals surface area contributed by atoms with E-state index in [2.05, 4.69) is 0 Å². The zero-order valence-electron chi connectivity index (χ0n) is 12.5. The monoisotopic (exact) mass is 311 g/mol. The van der Waals surface area contributed by atoms with Gasteiger partial charge in [-0.2, -0.15) is 0 Å². The summed E-state index contributed by atoms with van der Waals surface area (Å²) in [7, 11) is 1.58. The Balaban J connectivity index is 1.88. The van der Waals surface area contributed by atoms with Gasteiger partial charge in [0, 0.05) is 19.0 Å². The minimum Gasteiger partial charge on any atom is -0.422 e. The van der Waals surface area contributed by atoms with Gasteiger partial charge in [-0.1, -0.05) is 30.3 Å². The van der Waals surface area contributed by atoms with E-state index in [1.807, 2.05) is 0 Å². The molecule has 1 aromatic heterocycles. The normalized spacial score (nSPS) is 10.7. The van der Waals surface area contributed by atoms with Gasteiger partial charge in [-0.15, -0.1) is 0 Å². The van der Waals surface area contributed by atoms with Crippen LogP contribution < -0.4 is 5.63 Å². The van der Waals surface area contributed by atoms with Gasteiger partial charge in [0.2, 0.25) is 0 Å². The van der Waals surface area contributed by atoms with Crippen molar-refractivity contribution in [3.8, 4) is 0 Å². The molecule has 0 bridgehead atoms. The van der Waals surface area contributed by atoms with Crippen LogP contribution >= 0.6 is 0 Å². The minimum atomic E-state index is -0.667. The highest BCUT2D eigenvalue weighted by Crippen LogP contribution is 2.14. The summed E-state index contributed by atoms with van der Waals surface area (Å²) in [6, 6.07) is 14.4. The van der Waals surface area contributed by atoms with Gasteiger partial charge in [0.1, 0.15) is 17.0 Å². The number of fused-ring (bicyclic) bond motifs is 1. The molecule has 23 heavy (non-hydrogen) atoms. The summed E-state index contributed by atoms with van der Waals surface area (Å²) >= 11 is 0. The summed E-state index contributed by atoms with van der Waals surface area (Å²) in [5.74, 6) is -0.772. The van der Waals surface area contributed by atoms with Crippen LogP contribution in [0.2, 0.25) is 0 Å². The molecule has 0 N–H and O–H groups in total. The van der Waals surface area contributed by atoms with Crippen LogP contribution in [0.25, 0.3) is 11.0 Å². The van der Waals surface area contributed by atoms with Crippen LogP contribution in [0.15, 0.2) is 63.8 Å². The van der Waals surface area contributed by atoms with Gasteiger partial charge in [0.25, 0.3) is 5.91 Å². The molecule has 1 amide bonds. The van der Waals surface area contributed by atoms with Crippen molar-refractivity contribution in [3.05, 3.63) is 82.0 Å². The number of hydrogen-bond donors (Lipinski definition) is 0. The zero-order valence-corrected chi connectivity index (χ0v) is 12.5. The van der Waals surface area contributed by atoms with Crippen LogP contribution in [0.4, 0.5) is 4.39 Å². The molecule has 3 rings (SSSR count). The molecule has 0 spiro atoms. The van der Waals surface area contributed by atoms with Crippen molar-refractivity contribution in [1.29, 1.82) is 0 Å². The fraction of sp³-hybridized carbons (Fsp3) is 0.111. The van der Waals surface area contributed by atoms with Gasteiger partial charge in [-0.3, -0.25) is 4.79 Å².